The number of para-hydroxylation sites is 1. The molecule has 21 heavy (non-hydrogen) atoms. The predicted molar refractivity (Wildman–Crippen MR) is 75.3 cm³/mol. The van der Waals surface area contributed by atoms with Crippen LogP contribution in [0.15, 0.2) is 36.4 Å². The van der Waals surface area contributed by atoms with E-state index < -0.39 is 28.1 Å². The van der Waals surface area contributed by atoms with Gasteiger partial charge in [-0.05, 0) is 24.3 Å². The number of benzene rings is 2. The third-order valence-electron chi connectivity index (χ3n) is 2.93. The van der Waals surface area contributed by atoms with Crippen LogP contribution in [0.25, 0.3) is 0 Å². The van der Waals surface area contributed by atoms with Crippen molar-refractivity contribution < 1.29 is 13.6 Å². The maximum atomic E-state index is 13.8. The van der Waals surface area contributed by atoms with Crippen LogP contribution >= 0.6 is 11.6 Å². The zero-order chi connectivity index (χ0) is 15.6. The summed E-state index contributed by atoms with van der Waals surface area (Å²) in [5.41, 5.74) is 0.107. The fourth-order valence-corrected chi connectivity index (χ4v) is 1.99. The highest BCUT2D eigenvalue weighted by Gasteiger charge is 2.21. The monoisotopic (exact) mass is 306 g/mol. The molecule has 106 valence electrons. The van der Waals surface area contributed by atoms with Crippen molar-refractivity contribution in [1.82, 2.24) is 0 Å². The van der Waals surface area contributed by atoms with E-state index in [2.05, 4.69) is 0 Å². The molecular weight excluding hydrogens is 298 g/mol. The van der Waals surface area contributed by atoms with Crippen LogP contribution in [0.3, 0.4) is 0 Å². The molecule has 2 aromatic carbocycles. The van der Waals surface area contributed by atoms with Gasteiger partial charge in [-0.2, -0.15) is 5.26 Å². The lowest BCUT2D eigenvalue weighted by molar-refractivity contribution is 0.0988. The summed E-state index contributed by atoms with van der Waals surface area (Å²) in [7, 11) is 1.38. The van der Waals surface area contributed by atoms with Crippen LogP contribution in [0.2, 0.25) is 5.02 Å². The molecule has 0 unspecified atom stereocenters. The zero-order valence-electron chi connectivity index (χ0n) is 10.9. The largest absolute Gasteiger partial charge is 0.310 e. The summed E-state index contributed by atoms with van der Waals surface area (Å²) >= 11 is 5.45. The van der Waals surface area contributed by atoms with Crippen LogP contribution in [0.4, 0.5) is 14.5 Å². The third-order valence-corrected chi connectivity index (χ3v) is 3.22. The fourth-order valence-electron chi connectivity index (χ4n) is 1.84. The van der Waals surface area contributed by atoms with Gasteiger partial charge in [0, 0.05) is 7.05 Å². The first-order valence-electron chi connectivity index (χ1n) is 5.87. The number of hydrogen-bond donors (Lipinski definition) is 0. The van der Waals surface area contributed by atoms with Gasteiger partial charge in [-0.3, -0.25) is 4.79 Å². The van der Waals surface area contributed by atoms with E-state index in [1.165, 1.54) is 13.1 Å². The molecule has 0 spiro atoms. The minimum Gasteiger partial charge on any atom is -0.310 e. The molecule has 0 aliphatic heterocycles. The number of anilines is 1. The van der Waals surface area contributed by atoms with Crippen molar-refractivity contribution >= 4 is 23.2 Å². The van der Waals surface area contributed by atoms with E-state index in [1.54, 1.807) is 18.2 Å². The van der Waals surface area contributed by atoms with E-state index in [0.717, 1.165) is 17.0 Å². The van der Waals surface area contributed by atoms with Crippen molar-refractivity contribution in [2.24, 2.45) is 0 Å². The number of carbonyl (C=O) groups excluding carboxylic acids is 1. The highest BCUT2D eigenvalue weighted by atomic mass is 35.5. The van der Waals surface area contributed by atoms with E-state index in [4.69, 9.17) is 16.9 Å². The van der Waals surface area contributed by atoms with Crippen LogP contribution in [-0.2, 0) is 0 Å². The summed E-state index contributed by atoms with van der Waals surface area (Å²) < 4.78 is 27.2. The maximum absolute atomic E-state index is 13.8. The van der Waals surface area contributed by atoms with Crippen molar-refractivity contribution in [2.75, 3.05) is 11.9 Å². The lowest BCUT2D eigenvalue weighted by Gasteiger charge is -2.19. The Bertz CT molecular complexity index is 756. The molecule has 0 N–H and O–H groups in total. The zero-order valence-corrected chi connectivity index (χ0v) is 11.7. The Labute approximate surface area is 125 Å². The van der Waals surface area contributed by atoms with Crippen molar-refractivity contribution in [3.63, 3.8) is 0 Å². The molecule has 0 heterocycles. The summed E-state index contributed by atoms with van der Waals surface area (Å²) in [4.78, 5) is 13.4. The molecule has 1 amide bonds. The van der Waals surface area contributed by atoms with Crippen LogP contribution in [0.5, 0.6) is 0 Å². The molecule has 0 aromatic heterocycles. The summed E-state index contributed by atoms with van der Waals surface area (Å²) in [6.07, 6.45) is 0. The van der Waals surface area contributed by atoms with E-state index >= 15 is 0 Å². The second kappa shape index (κ2) is 5.90. The van der Waals surface area contributed by atoms with Gasteiger partial charge in [0.15, 0.2) is 0 Å². The number of nitriles is 1. The number of amides is 1. The number of rotatable bonds is 2. The summed E-state index contributed by atoms with van der Waals surface area (Å²) in [5.74, 6) is -2.58. The van der Waals surface area contributed by atoms with Crippen molar-refractivity contribution in [3.8, 4) is 6.07 Å². The molecule has 0 aliphatic rings. The SMILES string of the molecule is CN(C(=O)c1cc(F)c(Cl)cc1F)c1ccccc1C#N. The highest BCUT2D eigenvalue weighted by molar-refractivity contribution is 6.30. The predicted octanol–water partition coefficient (Wildman–Crippen LogP) is 3.77. The van der Waals surface area contributed by atoms with Gasteiger partial charge in [0.2, 0.25) is 0 Å². The summed E-state index contributed by atoms with van der Waals surface area (Å²) in [5, 5.41) is 8.62. The average Bonchev–Trinajstić information content (AvgIpc) is 2.49. The molecular formula is C15H9ClF2N2O. The normalized spacial score (nSPS) is 10.0. The van der Waals surface area contributed by atoms with Gasteiger partial charge in [-0.15, -0.1) is 0 Å². The lowest BCUT2D eigenvalue weighted by Crippen LogP contribution is -2.28. The number of halogens is 3. The summed E-state index contributed by atoms with van der Waals surface area (Å²) in [6.45, 7) is 0. The molecule has 6 heteroatoms. The first-order valence-corrected chi connectivity index (χ1v) is 6.25. The average molecular weight is 307 g/mol. The number of nitrogens with zero attached hydrogens (tertiary/aromatic N) is 2. The van der Waals surface area contributed by atoms with Crippen LogP contribution in [0.1, 0.15) is 15.9 Å². The standard InChI is InChI=1S/C15H9ClF2N2O/c1-20(14-5-3-2-4-9(14)8-19)15(21)10-6-13(18)11(16)7-12(10)17/h2-7H,1H3. The van der Waals surface area contributed by atoms with E-state index in [0.29, 0.717) is 5.69 Å². The van der Waals surface area contributed by atoms with Crippen molar-refractivity contribution in [1.29, 1.82) is 5.26 Å². The van der Waals surface area contributed by atoms with Crippen molar-refractivity contribution in [3.05, 3.63) is 64.2 Å². The van der Waals surface area contributed by atoms with E-state index in [1.807, 2.05) is 6.07 Å². The number of hydrogen-bond acceptors (Lipinski definition) is 2. The number of carbonyl (C=O) groups is 1. The Kier molecular flexibility index (Phi) is 4.20. The van der Waals surface area contributed by atoms with E-state index in [-0.39, 0.29) is 5.56 Å². The van der Waals surface area contributed by atoms with Crippen LogP contribution < -0.4 is 4.90 Å². The molecule has 3 nitrogen and oxygen atoms in total. The molecule has 0 fully saturated rings. The Morgan fingerprint density at radius 2 is 1.90 bits per heavy atom. The molecule has 2 rings (SSSR count). The Balaban J connectivity index is 2.45. The van der Waals surface area contributed by atoms with Crippen LogP contribution in [0, 0.1) is 23.0 Å². The Morgan fingerprint density at radius 3 is 2.57 bits per heavy atom. The first kappa shape index (κ1) is 14.9. The Morgan fingerprint density at radius 1 is 1.24 bits per heavy atom. The van der Waals surface area contributed by atoms with Gasteiger partial charge in [-0.25, -0.2) is 8.78 Å². The van der Waals surface area contributed by atoms with Gasteiger partial charge < -0.3 is 4.90 Å². The van der Waals surface area contributed by atoms with Crippen molar-refractivity contribution in [2.45, 2.75) is 0 Å². The van der Waals surface area contributed by atoms with Gasteiger partial charge >= 0.3 is 0 Å². The van der Waals surface area contributed by atoms with E-state index in [9.17, 15) is 13.6 Å². The quantitative estimate of drug-likeness (QED) is 0.793. The second-order valence-electron chi connectivity index (χ2n) is 4.24. The third kappa shape index (κ3) is 2.86. The molecule has 0 aliphatic carbocycles. The summed E-state index contributed by atoms with van der Waals surface area (Å²) in [6, 6.07) is 9.77. The first-order chi connectivity index (χ1) is 9.95. The minimum absolute atomic E-state index is 0.253. The van der Waals surface area contributed by atoms with Gasteiger partial charge in [0.05, 0.1) is 21.8 Å². The molecule has 0 bridgehead atoms. The highest BCUT2D eigenvalue weighted by Crippen LogP contribution is 2.24. The lowest BCUT2D eigenvalue weighted by atomic mass is 10.1. The topological polar surface area (TPSA) is 44.1 Å². The molecule has 0 radical (unpaired) electrons. The Hall–Kier alpha value is -2.45. The molecule has 0 saturated heterocycles. The molecule has 2 aromatic rings. The maximum Gasteiger partial charge on any atom is 0.261 e. The smallest absolute Gasteiger partial charge is 0.261 e. The second-order valence-corrected chi connectivity index (χ2v) is 4.65. The molecule has 0 saturated carbocycles. The van der Waals surface area contributed by atoms with Gasteiger partial charge in [0.25, 0.3) is 5.91 Å². The molecule has 0 atom stereocenters. The fraction of sp³-hybridized carbons (Fsp3) is 0.0667. The van der Waals surface area contributed by atoms with Gasteiger partial charge in [0.1, 0.15) is 17.7 Å². The van der Waals surface area contributed by atoms with Gasteiger partial charge in [-0.1, -0.05) is 23.7 Å². The minimum atomic E-state index is -0.923. The van der Waals surface area contributed by atoms with Crippen LogP contribution in [-0.4, -0.2) is 13.0 Å².